The van der Waals surface area contributed by atoms with Crippen LogP contribution in [-0.4, -0.2) is 23.8 Å². The van der Waals surface area contributed by atoms with E-state index in [1.165, 1.54) is 51.4 Å². The van der Waals surface area contributed by atoms with Crippen molar-refractivity contribution in [1.29, 1.82) is 0 Å². The highest BCUT2D eigenvalue weighted by atomic mass is 16.3. The molecule has 0 aliphatic rings. The SMILES string of the molecule is CCCCCC(CCCCC)N[C@@H](C)CO. The molecule has 0 amide bonds. The van der Waals surface area contributed by atoms with E-state index in [4.69, 9.17) is 5.11 Å². The van der Waals surface area contributed by atoms with E-state index < -0.39 is 0 Å². The molecule has 0 heterocycles. The van der Waals surface area contributed by atoms with Crippen molar-refractivity contribution in [2.45, 2.75) is 84.2 Å². The maximum Gasteiger partial charge on any atom is 0.0582 e. The first-order chi connectivity index (χ1) is 7.74. The maximum atomic E-state index is 9.06. The van der Waals surface area contributed by atoms with Crippen LogP contribution in [0.15, 0.2) is 0 Å². The number of aliphatic hydroxyl groups is 1. The summed E-state index contributed by atoms with van der Waals surface area (Å²) in [5.74, 6) is 0. The van der Waals surface area contributed by atoms with Crippen LogP contribution >= 0.6 is 0 Å². The lowest BCUT2D eigenvalue weighted by atomic mass is 10.0. The average Bonchev–Trinajstić information content (AvgIpc) is 2.29. The van der Waals surface area contributed by atoms with Gasteiger partial charge in [-0.1, -0.05) is 52.4 Å². The van der Waals surface area contributed by atoms with Crippen LogP contribution in [0.2, 0.25) is 0 Å². The largest absolute Gasteiger partial charge is 0.395 e. The third-order valence-electron chi connectivity index (χ3n) is 3.11. The predicted molar refractivity (Wildman–Crippen MR) is 71.8 cm³/mol. The molecule has 0 aromatic rings. The molecule has 98 valence electrons. The minimum Gasteiger partial charge on any atom is -0.395 e. The van der Waals surface area contributed by atoms with Crippen LogP contribution in [0.4, 0.5) is 0 Å². The summed E-state index contributed by atoms with van der Waals surface area (Å²) in [6.45, 7) is 6.80. The fourth-order valence-corrected chi connectivity index (χ4v) is 2.05. The summed E-state index contributed by atoms with van der Waals surface area (Å²) in [5, 5.41) is 12.6. The van der Waals surface area contributed by atoms with Gasteiger partial charge in [0, 0.05) is 12.1 Å². The van der Waals surface area contributed by atoms with Crippen LogP contribution < -0.4 is 5.32 Å². The molecule has 2 heteroatoms. The van der Waals surface area contributed by atoms with Crippen LogP contribution in [-0.2, 0) is 0 Å². The molecule has 2 nitrogen and oxygen atoms in total. The Hall–Kier alpha value is -0.0800. The highest BCUT2D eigenvalue weighted by molar-refractivity contribution is 4.71. The van der Waals surface area contributed by atoms with Crippen molar-refractivity contribution >= 4 is 0 Å². The van der Waals surface area contributed by atoms with Crippen molar-refractivity contribution in [3.05, 3.63) is 0 Å². The van der Waals surface area contributed by atoms with Crippen LogP contribution in [0.1, 0.15) is 72.1 Å². The molecule has 0 aromatic heterocycles. The summed E-state index contributed by atoms with van der Waals surface area (Å²) >= 11 is 0. The van der Waals surface area contributed by atoms with Crippen LogP contribution in [0, 0.1) is 0 Å². The van der Waals surface area contributed by atoms with E-state index in [-0.39, 0.29) is 12.6 Å². The third kappa shape index (κ3) is 9.17. The molecular formula is C14H31NO. The standard InChI is InChI=1S/C14H31NO/c1-4-6-8-10-14(11-9-7-5-2)15-13(3)12-16/h13-16H,4-12H2,1-3H3/t13-/m0/s1. The third-order valence-corrected chi connectivity index (χ3v) is 3.11. The molecule has 0 saturated carbocycles. The molecule has 1 atom stereocenters. The van der Waals surface area contributed by atoms with Crippen molar-refractivity contribution < 1.29 is 5.11 Å². The summed E-state index contributed by atoms with van der Waals surface area (Å²) in [4.78, 5) is 0. The maximum absolute atomic E-state index is 9.06. The molecule has 2 N–H and O–H groups in total. The molecule has 0 bridgehead atoms. The van der Waals surface area contributed by atoms with Crippen LogP contribution in [0.5, 0.6) is 0 Å². The molecular weight excluding hydrogens is 198 g/mol. The van der Waals surface area contributed by atoms with Gasteiger partial charge in [-0.25, -0.2) is 0 Å². The highest BCUT2D eigenvalue weighted by Crippen LogP contribution is 2.11. The van der Waals surface area contributed by atoms with E-state index in [1.807, 2.05) is 0 Å². The first-order valence-corrected chi connectivity index (χ1v) is 7.11. The van der Waals surface area contributed by atoms with E-state index in [0.29, 0.717) is 6.04 Å². The number of rotatable bonds is 11. The Kier molecular flexibility index (Phi) is 11.3. The number of hydrogen-bond donors (Lipinski definition) is 2. The lowest BCUT2D eigenvalue weighted by molar-refractivity contribution is 0.233. The molecule has 0 aliphatic heterocycles. The molecule has 0 rings (SSSR count). The summed E-state index contributed by atoms with van der Waals surface area (Å²) in [6.07, 6.45) is 10.4. The Morgan fingerprint density at radius 1 is 0.938 bits per heavy atom. The Bertz CT molecular complexity index is 129. The molecule has 0 fully saturated rings. The first kappa shape index (κ1) is 15.9. The lowest BCUT2D eigenvalue weighted by Gasteiger charge is -2.22. The van der Waals surface area contributed by atoms with Gasteiger partial charge in [0.25, 0.3) is 0 Å². The predicted octanol–water partition coefficient (Wildman–Crippen LogP) is 3.49. The number of hydrogen-bond acceptors (Lipinski definition) is 2. The Morgan fingerprint density at radius 2 is 1.44 bits per heavy atom. The number of unbranched alkanes of at least 4 members (excludes halogenated alkanes) is 4. The average molecular weight is 229 g/mol. The zero-order valence-electron chi connectivity index (χ0n) is 11.5. The smallest absolute Gasteiger partial charge is 0.0582 e. The normalized spacial score (nSPS) is 13.3. The number of nitrogens with one attached hydrogen (secondary N) is 1. The van der Waals surface area contributed by atoms with Gasteiger partial charge < -0.3 is 10.4 Å². The van der Waals surface area contributed by atoms with Crippen LogP contribution in [0.25, 0.3) is 0 Å². The zero-order chi connectivity index (χ0) is 12.2. The molecule has 0 radical (unpaired) electrons. The zero-order valence-corrected chi connectivity index (χ0v) is 11.5. The molecule has 0 unspecified atom stereocenters. The molecule has 0 spiro atoms. The van der Waals surface area contributed by atoms with Crippen molar-refractivity contribution in [2.24, 2.45) is 0 Å². The second-order valence-electron chi connectivity index (χ2n) is 4.94. The minimum absolute atomic E-state index is 0.244. The van der Waals surface area contributed by atoms with E-state index >= 15 is 0 Å². The fourth-order valence-electron chi connectivity index (χ4n) is 2.05. The van der Waals surface area contributed by atoms with Gasteiger partial charge in [-0.3, -0.25) is 0 Å². The van der Waals surface area contributed by atoms with Gasteiger partial charge in [0.2, 0.25) is 0 Å². The second-order valence-corrected chi connectivity index (χ2v) is 4.94. The quantitative estimate of drug-likeness (QED) is 0.532. The van der Waals surface area contributed by atoms with Crippen molar-refractivity contribution in [1.82, 2.24) is 5.32 Å². The minimum atomic E-state index is 0.244. The van der Waals surface area contributed by atoms with Gasteiger partial charge in [-0.2, -0.15) is 0 Å². The van der Waals surface area contributed by atoms with Gasteiger partial charge >= 0.3 is 0 Å². The van der Waals surface area contributed by atoms with E-state index in [1.54, 1.807) is 0 Å². The summed E-state index contributed by atoms with van der Waals surface area (Å²) in [7, 11) is 0. The van der Waals surface area contributed by atoms with Crippen molar-refractivity contribution in [2.75, 3.05) is 6.61 Å². The van der Waals surface area contributed by atoms with Gasteiger partial charge in [-0.15, -0.1) is 0 Å². The van der Waals surface area contributed by atoms with Gasteiger partial charge in [0.1, 0.15) is 0 Å². The molecule has 0 saturated heterocycles. The lowest BCUT2D eigenvalue weighted by Crippen LogP contribution is -2.38. The topological polar surface area (TPSA) is 32.3 Å². The van der Waals surface area contributed by atoms with Crippen LogP contribution in [0.3, 0.4) is 0 Å². The second kappa shape index (κ2) is 11.4. The van der Waals surface area contributed by atoms with E-state index in [0.717, 1.165) is 0 Å². The molecule has 0 aliphatic carbocycles. The monoisotopic (exact) mass is 229 g/mol. The summed E-state index contributed by atoms with van der Waals surface area (Å²) in [6, 6.07) is 0.855. The molecule has 0 aromatic carbocycles. The van der Waals surface area contributed by atoms with Gasteiger partial charge in [0.15, 0.2) is 0 Å². The van der Waals surface area contributed by atoms with Crippen molar-refractivity contribution in [3.8, 4) is 0 Å². The van der Waals surface area contributed by atoms with Crippen molar-refractivity contribution in [3.63, 3.8) is 0 Å². The van der Waals surface area contributed by atoms with Gasteiger partial charge in [0.05, 0.1) is 6.61 Å². The Balaban J connectivity index is 3.75. The Morgan fingerprint density at radius 3 is 1.81 bits per heavy atom. The fraction of sp³-hybridized carbons (Fsp3) is 1.00. The Labute approximate surface area is 102 Å². The number of aliphatic hydroxyl groups excluding tert-OH is 1. The molecule has 16 heavy (non-hydrogen) atoms. The van der Waals surface area contributed by atoms with E-state index in [9.17, 15) is 0 Å². The summed E-state index contributed by atoms with van der Waals surface area (Å²) in [5.41, 5.74) is 0. The first-order valence-electron chi connectivity index (χ1n) is 7.11. The summed E-state index contributed by atoms with van der Waals surface area (Å²) < 4.78 is 0. The highest BCUT2D eigenvalue weighted by Gasteiger charge is 2.10. The van der Waals surface area contributed by atoms with E-state index in [2.05, 4.69) is 26.1 Å². The van der Waals surface area contributed by atoms with Gasteiger partial charge in [-0.05, 0) is 19.8 Å².